The quantitative estimate of drug-likeness (QED) is 0.710. The Bertz CT molecular complexity index is 994. The number of aromatic amines is 1. The first-order valence-corrected chi connectivity index (χ1v) is 9.80. The minimum absolute atomic E-state index is 0.0336. The largest absolute Gasteiger partial charge is 0.318 e. The molecule has 2 N–H and O–H groups in total. The van der Waals surface area contributed by atoms with Crippen molar-refractivity contribution < 1.29 is 4.79 Å². The lowest BCUT2D eigenvalue weighted by Crippen LogP contribution is -2.23. The van der Waals surface area contributed by atoms with E-state index in [1.807, 2.05) is 28.0 Å². The summed E-state index contributed by atoms with van der Waals surface area (Å²) in [7, 11) is 0. The van der Waals surface area contributed by atoms with Gasteiger partial charge >= 0.3 is 0 Å². The van der Waals surface area contributed by atoms with Crippen LogP contribution in [-0.4, -0.2) is 35.7 Å². The summed E-state index contributed by atoms with van der Waals surface area (Å²) in [6, 6.07) is 0.0336. The maximum Gasteiger partial charge on any atom is 0.276 e. The number of aromatic nitrogens is 6. The summed E-state index contributed by atoms with van der Waals surface area (Å²) in [5.74, 6) is -0.191. The van der Waals surface area contributed by atoms with Crippen LogP contribution in [0.15, 0.2) is 24.8 Å². The molecule has 3 aromatic heterocycles. The fourth-order valence-electron chi connectivity index (χ4n) is 3.76. The number of anilines is 1. The number of aryl methyl sites for hydroxylation is 1. The van der Waals surface area contributed by atoms with Gasteiger partial charge in [0.15, 0.2) is 5.69 Å². The third-order valence-corrected chi connectivity index (χ3v) is 5.59. The summed E-state index contributed by atoms with van der Waals surface area (Å²) in [6.07, 6.45) is 10.2. The Morgan fingerprint density at radius 3 is 2.89 bits per heavy atom. The van der Waals surface area contributed by atoms with E-state index in [0.29, 0.717) is 11.4 Å². The maximum atomic E-state index is 12.8. The Labute approximate surface area is 164 Å². The number of rotatable bonds is 5. The fraction of sp³-hybridized carbons (Fsp3) is 0.500. The van der Waals surface area contributed by atoms with Gasteiger partial charge in [-0.15, -0.1) is 0 Å². The van der Waals surface area contributed by atoms with E-state index in [1.54, 1.807) is 6.20 Å². The molecule has 3 heterocycles. The normalized spacial score (nSPS) is 16.6. The van der Waals surface area contributed by atoms with E-state index in [0.717, 1.165) is 42.6 Å². The molecule has 1 aliphatic carbocycles. The molecule has 3 aromatic rings. The first-order valence-electron chi connectivity index (χ1n) is 9.80. The van der Waals surface area contributed by atoms with E-state index in [4.69, 9.17) is 0 Å². The van der Waals surface area contributed by atoms with Crippen LogP contribution in [-0.2, 0) is 19.4 Å². The van der Waals surface area contributed by atoms with Gasteiger partial charge in [0.2, 0.25) is 0 Å². The topological polar surface area (TPSA) is 93.4 Å². The van der Waals surface area contributed by atoms with Crippen molar-refractivity contribution in [3.63, 3.8) is 0 Å². The zero-order valence-corrected chi connectivity index (χ0v) is 16.9. The zero-order chi connectivity index (χ0) is 19.9. The number of carbonyl (C=O) groups is 1. The molecule has 0 aliphatic heterocycles. The molecule has 1 unspecified atom stereocenters. The number of amides is 1. The summed E-state index contributed by atoms with van der Waals surface area (Å²) in [4.78, 5) is 12.8. The summed E-state index contributed by atoms with van der Waals surface area (Å²) in [6.45, 7) is 9.43. The van der Waals surface area contributed by atoms with E-state index >= 15 is 0 Å². The number of hydrogen-bond acceptors (Lipinski definition) is 4. The smallest absolute Gasteiger partial charge is 0.276 e. The Morgan fingerprint density at radius 1 is 1.32 bits per heavy atom. The predicted octanol–water partition coefficient (Wildman–Crippen LogP) is 3.20. The number of nitrogens with zero attached hydrogens (tertiary/aromatic N) is 5. The second-order valence-corrected chi connectivity index (χ2v) is 8.34. The minimum Gasteiger partial charge on any atom is -0.318 e. The molecule has 4 rings (SSSR count). The highest BCUT2D eigenvalue weighted by atomic mass is 16.2. The van der Waals surface area contributed by atoms with Crippen LogP contribution in [0.4, 0.5) is 5.69 Å². The summed E-state index contributed by atoms with van der Waals surface area (Å²) in [5.41, 5.74) is 4.61. The fourth-order valence-corrected chi connectivity index (χ4v) is 3.76. The van der Waals surface area contributed by atoms with Gasteiger partial charge in [-0.05, 0) is 38.5 Å². The van der Waals surface area contributed by atoms with Gasteiger partial charge in [0.25, 0.3) is 5.91 Å². The van der Waals surface area contributed by atoms with Gasteiger partial charge in [0, 0.05) is 35.8 Å². The van der Waals surface area contributed by atoms with Crippen LogP contribution in [0.1, 0.15) is 67.5 Å². The van der Waals surface area contributed by atoms with E-state index in [2.05, 4.69) is 53.4 Å². The standard InChI is InChI=1S/C20H27N7O/c1-5-26-11-14(9-21-26)13(2)27-12-15(10-22-27)23-19(28)18-16-6-7-20(3,4)8-17(16)24-25-18/h9-13H,5-8H2,1-4H3,(H,23,28)(H,24,25). The SMILES string of the molecule is CCn1cc(C(C)n2cc(NC(=O)c3n[nH]c4c3CCC(C)(C)C4)cn2)cn1. The van der Waals surface area contributed by atoms with Crippen LogP contribution in [0.5, 0.6) is 0 Å². The molecule has 1 amide bonds. The van der Waals surface area contributed by atoms with Crippen molar-refractivity contribution in [1.29, 1.82) is 0 Å². The molecule has 0 saturated carbocycles. The Morgan fingerprint density at radius 2 is 2.14 bits per heavy atom. The van der Waals surface area contributed by atoms with Gasteiger partial charge < -0.3 is 5.32 Å². The van der Waals surface area contributed by atoms with Crippen molar-refractivity contribution in [2.24, 2.45) is 5.41 Å². The third kappa shape index (κ3) is 3.46. The van der Waals surface area contributed by atoms with Crippen molar-refractivity contribution in [1.82, 2.24) is 29.8 Å². The maximum absolute atomic E-state index is 12.8. The first-order chi connectivity index (χ1) is 13.4. The van der Waals surface area contributed by atoms with Crippen molar-refractivity contribution in [3.8, 4) is 0 Å². The molecule has 0 bridgehead atoms. The lowest BCUT2D eigenvalue weighted by molar-refractivity contribution is 0.102. The third-order valence-electron chi connectivity index (χ3n) is 5.59. The lowest BCUT2D eigenvalue weighted by Gasteiger charge is -2.28. The molecule has 0 aromatic carbocycles. The molecule has 1 atom stereocenters. The Kier molecular flexibility index (Phi) is 4.56. The first kappa shape index (κ1) is 18.5. The Hall–Kier alpha value is -2.90. The number of fused-ring (bicyclic) bond motifs is 1. The molecule has 0 saturated heterocycles. The second kappa shape index (κ2) is 6.92. The average molecular weight is 381 g/mol. The van der Waals surface area contributed by atoms with Gasteiger partial charge in [0.05, 0.1) is 24.1 Å². The monoisotopic (exact) mass is 381 g/mol. The Balaban J connectivity index is 1.47. The minimum atomic E-state index is -0.191. The molecule has 1 aliphatic rings. The molecule has 28 heavy (non-hydrogen) atoms. The van der Waals surface area contributed by atoms with Crippen LogP contribution in [0.2, 0.25) is 0 Å². The van der Waals surface area contributed by atoms with E-state index in [9.17, 15) is 4.79 Å². The van der Waals surface area contributed by atoms with Crippen molar-refractivity contribution in [3.05, 3.63) is 47.3 Å². The second-order valence-electron chi connectivity index (χ2n) is 8.34. The van der Waals surface area contributed by atoms with Crippen molar-refractivity contribution in [2.45, 2.75) is 59.5 Å². The highest BCUT2D eigenvalue weighted by Gasteiger charge is 2.30. The summed E-state index contributed by atoms with van der Waals surface area (Å²) in [5, 5.41) is 19.0. The van der Waals surface area contributed by atoms with E-state index in [-0.39, 0.29) is 17.4 Å². The van der Waals surface area contributed by atoms with Crippen LogP contribution in [0, 0.1) is 5.41 Å². The summed E-state index contributed by atoms with van der Waals surface area (Å²) < 4.78 is 3.72. The summed E-state index contributed by atoms with van der Waals surface area (Å²) >= 11 is 0. The predicted molar refractivity (Wildman–Crippen MR) is 106 cm³/mol. The molecule has 0 radical (unpaired) electrons. The van der Waals surface area contributed by atoms with Gasteiger partial charge in [-0.25, -0.2) is 0 Å². The van der Waals surface area contributed by atoms with Gasteiger partial charge in [-0.3, -0.25) is 19.3 Å². The van der Waals surface area contributed by atoms with Crippen LogP contribution >= 0.6 is 0 Å². The van der Waals surface area contributed by atoms with Crippen LogP contribution < -0.4 is 5.32 Å². The van der Waals surface area contributed by atoms with Crippen LogP contribution in [0.3, 0.4) is 0 Å². The van der Waals surface area contributed by atoms with Crippen LogP contribution in [0.25, 0.3) is 0 Å². The average Bonchev–Trinajstić information content (AvgIpc) is 3.39. The molecule has 148 valence electrons. The molecule has 8 nitrogen and oxygen atoms in total. The molecular formula is C20H27N7O. The zero-order valence-electron chi connectivity index (χ0n) is 16.9. The van der Waals surface area contributed by atoms with E-state index < -0.39 is 0 Å². The lowest BCUT2D eigenvalue weighted by atomic mass is 9.76. The van der Waals surface area contributed by atoms with Crippen molar-refractivity contribution >= 4 is 11.6 Å². The molecule has 8 heteroatoms. The molecule has 0 fully saturated rings. The highest BCUT2D eigenvalue weighted by Crippen LogP contribution is 2.35. The van der Waals surface area contributed by atoms with E-state index in [1.165, 1.54) is 0 Å². The van der Waals surface area contributed by atoms with Gasteiger partial charge in [-0.1, -0.05) is 13.8 Å². The highest BCUT2D eigenvalue weighted by molar-refractivity contribution is 6.03. The number of H-pyrrole nitrogens is 1. The van der Waals surface area contributed by atoms with Gasteiger partial charge in [-0.2, -0.15) is 15.3 Å². The van der Waals surface area contributed by atoms with Crippen molar-refractivity contribution in [2.75, 3.05) is 5.32 Å². The number of nitrogens with one attached hydrogen (secondary N) is 2. The molecule has 0 spiro atoms. The number of hydrogen-bond donors (Lipinski definition) is 2. The van der Waals surface area contributed by atoms with Gasteiger partial charge in [0.1, 0.15) is 0 Å². The molecular weight excluding hydrogens is 354 g/mol. The number of carbonyl (C=O) groups excluding carboxylic acids is 1.